The Kier molecular flexibility index (Phi) is 7.76. The summed E-state index contributed by atoms with van der Waals surface area (Å²) in [7, 11) is 0. The summed E-state index contributed by atoms with van der Waals surface area (Å²) in [6.07, 6.45) is 1.08. The summed E-state index contributed by atoms with van der Waals surface area (Å²) in [4.78, 5) is 15.9. The zero-order valence-corrected chi connectivity index (χ0v) is 16.4. The van der Waals surface area contributed by atoms with Crippen molar-refractivity contribution in [3.63, 3.8) is 0 Å². The average molecular weight is 394 g/mol. The van der Waals surface area contributed by atoms with Crippen LogP contribution in [0.5, 0.6) is 0 Å². The molecule has 1 unspecified atom stereocenters. The van der Waals surface area contributed by atoms with E-state index in [1.54, 1.807) is 17.0 Å². The zero-order valence-electron chi connectivity index (χ0n) is 14.9. The number of hydrogen-bond acceptors (Lipinski definition) is 1. The third-order valence-corrected chi connectivity index (χ3v) is 5.12. The fourth-order valence-electron chi connectivity index (χ4n) is 3.34. The first-order chi connectivity index (χ1) is 12.1. The van der Waals surface area contributed by atoms with Gasteiger partial charge in [0.15, 0.2) is 0 Å². The van der Waals surface area contributed by atoms with Gasteiger partial charge in [-0.05, 0) is 36.8 Å². The summed E-state index contributed by atoms with van der Waals surface area (Å²) in [5.41, 5.74) is 2.16. The third kappa shape index (κ3) is 5.63. The minimum absolute atomic E-state index is 0. The lowest BCUT2D eigenvalue weighted by Gasteiger charge is -2.35. The number of halogens is 2. The largest absolute Gasteiger partial charge is 1.00 e. The van der Waals surface area contributed by atoms with Gasteiger partial charge in [-0.2, -0.15) is 0 Å². The summed E-state index contributed by atoms with van der Waals surface area (Å²) >= 11 is 5.87. The number of carbonyl (C=O) groups excluding carboxylic acids is 1. The summed E-state index contributed by atoms with van der Waals surface area (Å²) in [6, 6.07) is 18.4. The molecule has 0 radical (unpaired) electrons. The molecule has 2 N–H and O–H groups in total. The first-order valence-electron chi connectivity index (χ1n) is 8.82. The number of nitrogens with one attached hydrogen (secondary N) is 2. The Morgan fingerprint density at radius 1 is 1.12 bits per heavy atom. The molecule has 3 rings (SSSR count). The molecule has 1 aliphatic heterocycles. The monoisotopic (exact) mass is 393 g/mol. The summed E-state index contributed by atoms with van der Waals surface area (Å²) < 4.78 is 0. The molecule has 6 heteroatoms. The van der Waals surface area contributed by atoms with Gasteiger partial charge in [0.2, 0.25) is 0 Å². The number of piperazine rings is 1. The van der Waals surface area contributed by atoms with Crippen molar-refractivity contribution in [1.82, 2.24) is 4.90 Å². The Morgan fingerprint density at radius 2 is 1.73 bits per heavy atom. The molecular formula is C20H25Cl2N3O. The first kappa shape index (κ1) is 20.6. The van der Waals surface area contributed by atoms with E-state index >= 15 is 0 Å². The lowest BCUT2D eigenvalue weighted by Crippen LogP contribution is -3.18. The van der Waals surface area contributed by atoms with Crippen molar-refractivity contribution >= 4 is 23.3 Å². The molecule has 1 saturated heterocycles. The van der Waals surface area contributed by atoms with E-state index in [9.17, 15) is 4.79 Å². The van der Waals surface area contributed by atoms with E-state index in [-0.39, 0.29) is 18.4 Å². The van der Waals surface area contributed by atoms with E-state index < -0.39 is 0 Å². The SMILES string of the molecule is CC(Cc1ccccc1)[NH+]1CCN(C(=O)Nc2ccc(Cl)cc2)CC1.[Cl-]. The van der Waals surface area contributed by atoms with E-state index in [2.05, 4.69) is 42.6 Å². The van der Waals surface area contributed by atoms with Crippen molar-refractivity contribution in [3.8, 4) is 0 Å². The standard InChI is InChI=1S/C20H24ClN3O.ClH/c1-16(15-17-5-3-2-4-6-17)23-11-13-24(14-12-23)20(25)22-19-9-7-18(21)8-10-19;/h2-10,16H,11-15H2,1H3,(H,22,25);1H. The van der Waals surface area contributed by atoms with Crippen molar-refractivity contribution in [2.45, 2.75) is 19.4 Å². The lowest BCUT2D eigenvalue weighted by atomic mass is 10.1. The molecule has 1 aliphatic rings. The molecule has 140 valence electrons. The normalized spacial score (nSPS) is 15.8. The highest BCUT2D eigenvalue weighted by Gasteiger charge is 2.27. The second-order valence-corrected chi connectivity index (χ2v) is 7.11. The molecule has 0 aliphatic carbocycles. The van der Waals surface area contributed by atoms with Gasteiger partial charge >= 0.3 is 6.03 Å². The van der Waals surface area contributed by atoms with Gasteiger partial charge in [-0.25, -0.2) is 4.79 Å². The van der Waals surface area contributed by atoms with Crippen LogP contribution in [0.4, 0.5) is 10.5 Å². The van der Waals surface area contributed by atoms with Crippen molar-refractivity contribution in [1.29, 1.82) is 0 Å². The molecule has 4 nitrogen and oxygen atoms in total. The highest BCUT2D eigenvalue weighted by molar-refractivity contribution is 6.30. The van der Waals surface area contributed by atoms with E-state index in [1.807, 2.05) is 17.0 Å². The summed E-state index contributed by atoms with van der Waals surface area (Å²) in [5, 5.41) is 3.61. The second-order valence-electron chi connectivity index (χ2n) is 6.67. The van der Waals surface area contributed by atoms with Gasteiger partial charge in [-0.3, -0.25) is 0 Å². The minimum Gasteiger partial charge on any atom is -1.00 e. The lowest BCUT2D eigenvalue weighted by molar-refractivity contribution is -0.927. The molecule has 2 aromatic carbocycles. The van der Waals surface area contributed by atoms with Gasteiger partial charge < -0.3 is 27.5 Å². The Balaban J connectivity index is 0.00000243. The molecule has 0 spiro atoms. The van der Waals surface area contributed by atoms with Crippen LogP contribution in [-0.2, 0) is 6.42 Å². The predicted molar refractivity (Wildman–Crippen MR) is 102 cm³/mol. The average Bonchev–Trinajstić information content (AvgIpc) is 2.64. The smallest absolute Gasteiger partial charge is 0.322 e. The highest BCUT2D eigenvalue weighted by Crippen LogP contribution is 2.14. The van der Waals surface area contributed by atoms with Crippen molar-refractivity contribution in [2.24, 2.45) is 0 Å². The molecule has 1 heterocycles. The van der Waals surface area contributed by atoms with Crippen LogP contribution in [0.25, 0.3) is 0 Å². The Bertz CT molecular complexity index is 686. The number of hydrogen-bond donors (Lipinski definition) is 2. The molecule has 26 heavy (non-hydrogen) atoms. The topological polar surface area (TPSA) is 36.8 Å². The van der Waals surface area contributed by atoms with Gasteiger partial charge in [0, 0.05) is 17.1 Å². The van der Waals surface area contributed by atoms with E-state index in [0.29, 0.717) is 11.1 Å². The van der Waals surface area contributed by atoms with Gasteiger partial charge in [-0.1, -0.05) is 41.9 Å². The number of urea groups is 1. The highest BCUT2D eigenvalue weighted by atomic mass is 35.5. The van der Waals surface area contributed by atoms with Crippen LogP contribution >= 0.6 is 11.6 Å². The maximum absolute atomic E-state index is 12.4. The quantitative estimate of drug-likeness (QED) is 0.735. The Hall–Kier alpha value is -1.75. The zero-order chi connectivity index (χ0) is 17.6. The molecule has 1 fully saturated rings. The van der Waals surface area contributed by atoms with Gasteiger partial charge in [-0.15, -0.1) is 0 Å². The van der Waals surface area contributed by atoms with Crippen LogP contribution in [-0.4, -0.2) is 43.2 Å². The van der Waals surface area contributed by atoms with Crippen LogP contribution < -0.4 is 22.6 Å². The molecular weight excluding hydrogens is 369 g/mol. The summed E-state index contributed by atoms with van der Waals surface area (Å²) in [6.45, 7) is 5.84. The number of nitrogens with zero attached hydrogens (tertiary/aromatic N) is 1. The number of amides is 2. The van der Waals surface area contributed by atoms with Crippen LogP contribution in [0.3, 0.4) is 0 Å². The number of quaternary nitrogens is 1. The molecule has 2 aromatic rings. The van der Waals surface area contributed by atoms with Gasteiger partial charge in [0.25, 0.3) is 0 Å². The fraction of sp³-hybridized carbons (Fsp3) is 0.350. The molecule has 0 aromatic heterocycles. The van der Waals surface area contributed by atoms with Crippen LogP contribution in [0.15, 0.2) is 54.6 Å². The van der Waals surface area contributed by atoms with Crippen molar-refractivity contribution < 1.29 is 22.1 Å². The van der Waals surface area contributed by atoms with E-state index in [1.165, 1.54) is 5.56 Å². The number of benzene rings is 2. The van der Waals surface area contributed by atoms with Crippen LogP contribution in [0.1, 0.15) is 12.5 Å². The fourth-order valence-corrected chi connectivity index (χ4v) is 3.46. The maximum atomic E-state index is 12.4. The van der Waals surface area contributed by atoms with Crippen molar-refractivity contribution in [2.75, 3.05) is 31.5 Å². The third-order valence-electron chi connectivity index (χ3n) is 4.87. The van der Waals surface area contributed by atoms with Gasteiger partial charge in [0.05, 0.1) is 32.2 Å². The number of rotatable bonds is 4. The van der Waals surface area contributed by atoms with E-state index in [4.69, 9.17) is 11.6 Å². The van der Waals surface area contributed by atoms with Crippen molar-refractivity contribution in [3.05, 3.63) is 65.2 Å². The van der Waals surface area contributed by atoms with E-state index in [0.717, 1.165) is 38.3 Å². The van der Waals surface area contributed by atoms with Crippen LogP contribution in [0.2, 0.25) is 5.02 Å². The Labute approximate surface area is 166 Å². The summed E-state index contributed by atoms with van der Waals surface area (Å²) in [5.74, 6) is 0. The Morgan fingerprint density at radius 3 is 2.35 bits per heavy atom. The number of carbonyl (C=O) groups is 1. The second kappa shape index (κ2) is 9.81. The number of anilines is 1. The molecule has 0 bridgehead atoms. The van der Waals surface area contributed by atoms with Gasteiger partial charge in [0.1, 0.15) is 0 Å². The maximum Gasteiger partial charge on any atom is 0.322 e. The molecule has 2 amide bonds. The first-order valence-corrected chi connectivity index (χ1v) is 9.19. The molecule has 0 saturated carbocycles. The van der Waals surface area contributed by atoms with Crippen LogP contribution in [0, 0.1) is 0 Å². The minimum atomic E-state index is -0.0305. The predicted octanol–water partition coefficient (Wildman–Crippen LogP) is -0.292. The molecule has 1 atom stereocenters.